The number of aryl methyl sites for hydroxylation is 2. The molecule has 0 aliphatic rings. The second-order valence-electron chi connectivity index (χ2n) is 6.21. The lowest BCUT2D eigenvalue weighted by Crippen LogP contribution is -2.13. The van der Waals surface area contributed by atoms with Crippen LogP contribution in [0.3, 0.4) is 0 Å². The maximum Gasteiger partial charge on any atom is 0.268 e. The largest absolute Gasteiger partial charge is 0.318 e. The van der Waals surface area contributed by atoms with E-state index >= 15 is 0 Å². The van der Waals surface area contributed by atoms with E-state index in [1.54, 1.807) is 6.08 Å². The zero-order valence-electron chi connectivity index (χ0n) is 16.0. The van der Waals surface area contributed by atoms with Crippen molar-refractivity contribution in [2.45, 2.75) is 25.9 Å². The smallest absolute Gasteiger partial charge is 0.268 e. The Hall–Kier alpha value is -2.89. The summed E-state index contributed by atoms with van der Waals surface area (Å²) >= 11 is 2.48. The molecule has 0 aliphatic heterocycles. The first kappa shape index (κ1) is 19.9. The Balaban J connectivity index is 1.90. The van der Waals surface area contributed by atoms with Crippen molar-refractivity contribution in [1.29, 1.82) is 5.26 Å². The Morgan fingerprint density at radius 2 is 2.00 bits per heavy atom. The number of nitrogens with zero attached hydrogens (tertiary/aromatic N) is 4. The third-order valence-electron chi connectivity index (χ3n) is 4.24. The van der Waals surface area contributed by atoms with Crippen LogP contribution in [0.2, 0.25) is 0 Å². The van der Waals surface area contributed by atoms with E-state index in [1.807, 2.05) is 39.2 Å². The predicted octanol–water partition coefficient (Wildman–Crippen LogP) is 4.52. The summed E-state index contributed by atoms with van der Waals surface area (Å²) < 4.78 is 6.20. The standard InChI is InChI=1S/C20H19N5OS2/c1-12-5-7-17(8-6-12)25-13(2)9-15(14(25)3)10-16(11-21)18(26)22-19-23-20(27-4)24-28-19/h5-10H,1-4H3,(H,22,23,24,26)/b16-10-. The van der Waals surface area contributed by atoms with Crippen molar-refractivity contribution >= 4 is 40.4 Å². The first-order valence-electron chi connectivity index (χ1n) is 8.49. The van der Waals surface area contributed by atoms with Gasteiger partial charge in [0.1, 0.15) is 11.6 Å². The molecule has 2 heterocycles. The van der Waals surface area contributed by atoms with E-state index in [1.165, 1.54) is 17.3 Å². The molecule has 3 rings (SSSR count). The van der Waals surface area contributed by atoms with Gasteiger partial charge >= 0.3 is 0 Å². The number of thioether (sulfide) groups is 1. The summed E-state index contributed by atoms with van der Waals surface area (Å²) in [4.78, 5) is 16.7. The van der Waals surface area contributed by atoms with Crippen LogP contribution >= 0.6 is 23.3 Å². The van der Waals surface area contributed by atoms with Gasteiger partial charge in [0.05, 0.1) is 0 Å². The van der Waals surface area contributed by atoms with Crippen molar-refractivity contribution in [2.24, 2.45) is 0 Å². The molecule has 0 radical (unpaired) electrons. The van der Waals surface area contributed by atoms with E-state index in [2.05, 4.69) is 43.5 Å². The molecule has 1 N–H and O–H groups in total. The SMILES string of the molecule is CSc1nsc(NC(=O)/C(C#N)=C\c2cc(C)n(-c3ccc(C)cc3)c2C)n1. The molecular formula is C20H19N5OS2. The van der Waals surface area contributed by atoms with Gasteiger partial charge in [-0.3, -0.25) is 10.1 Å². The molecule has 0 aliphatic carbocycles. The van der Waals surface area contributed by atoms with Gasteiger partial charge in [-0.2, -0.15) is 14.6 Å². The summed E-state index contributed by atoms with van der Waals surface area (Å²) in [6.45, 7) is 6.02. The van der Waals surface area contributed by atoms with Crippen LogP contribution in [0.1, 0.15) is 22.5 Å². The lowest BCUT2D eigenvalue weighted by Gasteiger charge is -2.10. The van der Waals surface area contributed by atoms with Crippen LogP contribution in [0.25, 0.3) is 11.8 Å². The molecule has 142 valence electrons. The second kappa shape index (κ2) is 8.42. The van der Waals surface area contributed by atoms with E-state index < -0.39 is 5.91 Å². The lowest BCUT2D eigenvalue weighted by atomic mass is 10.1. The van der Waals surface area contributed by atoms with Crippen LogP contribution in [0.5, 0.6) is 0 Å². The second-order valence-corrected chi connectivity index (χ2v) is 7.73. The zero-order chi connectivity index (χ0) is 20.3. The number of anilines is 1. The number of rotatable bonds is 5. The summed E-state index contributed by atoms with van der Waals surface area (Å²) in [5, 5.41) is 13.1. The van der Waals surface area contributed by atoms with Crippen molar-refractivity contribution < 1.29 is 4.79 Å². The van der Waals surface area contributed by atoms with Gasteiger partial charge in [0.25, 0.3) is 5.91 Å². The minimum atomic E-state index is -0.494. The number of carbonyl (C=O) groups is 1. The van der Waals surface area contributed by atoms with Crippen LogP contribution < -0.4 is 5.32 Å². The van der Waals surface area contributed by atoms with Crippen LogP contribution in [0.15, 0.2) is 41.1 Å². The average molecular weight is 410 g/mol. The molecule has 0 fully saturated rings. The monoisotopic (exact) mass is 409 g/mol. The molecule has 1 amide bonds. The zero-order valence-corrected chi connectivity index (χ0v) is 17.6. The van der Waals surface area contributed by atoms with E-state index in [9.17, 15) is 10.1 Å². The third-order valence-corrected chi connectivity index (χ3v) is 5.53. The summed E-state index contributed by atoms with van der Waals surface area (Å²) in [5.74, 6) is -0.494. The van der Waals surface area contributed by atoms with Gasteiger partial charge in [-0.1, -0.05) is 29.5 Å². The fourth-order valence-electron chi connectivity index (χ4n) is 2.84. The summed E-state index contributed by atoms with van der Waals surface area (Å²) in [6.07, 6.45) is 3.47. The van der Waals surface area contributed by atoms with Crippen LogP contribution in [0.4, 0.5) is 5.13 Å². The minimum Gasteiger partial charge on any atom is -0.318 e. The highest BCUT2D eigenvalue weighted by atomic mass is 32.2. The molecule has 6 nitrogen and oxygen atoms in total. The Kier molecular flexibility index (Phi) is 5.97. The highest BCUT2D eigenvalue weighted by Gasteiger charge is 2.15. The van der Waals surface area contributed by atoms with Crippen LogP contribution in [-0.4, -0.2) is 26.1 Å². The fourth-order valence-corrected chi connectivity index (χ4v) is 3.96. The van der Waals surface area contributed by atoms with Gasteiger partial charge in [-0.25, -0.2) is 0 Å². The number of aromatic nitrogens is 3. The fraction of sp³-hybridized carbons (Fsp3) is 0.200. The topological polar surface area (TPSA) is 83.6 Å². The maximum atomic E-state index is 12.5. The molecule has 8 heteroatoms. The van der Waals surface area contributed by atoms with Gasteiger partial charge in [0.2, 0.25) is 10.3 Å². The molecule has 0 saturated heterocycles. The molecule has 0 saturated carbocycles. The number of hydrogen-bond acceptors (Lipinski definition) is 6. The number of hydrogen-bond donors (Lipinski definition) is 1. The molecule has 0 spiro atoms. The van der Waals surface area contributed by atoms with Crippen molar-refractivity contribution in [2.75, 3.05) is 11.6 Å². The molecule has 0 bridgehead atoms. The predicted molar refractivity (Wildman–Crippen MR) is 114 cm³/mol. The third kappa shape index (κ3) is 4.16. The first-order chi connectivity index (χ1) is 13.4. The molecule has 2 aromatic heterocycles. The highest BCUT2D eigenvalue weighted by Crippen LogP contribution is 2.24. The van der Waals surface area contributed by atoms with E-state index in [0.29, 0.717) is 10.3 Å². The van der Waals surface area contributed by atoms with Crippen molar-refractivity contribution in [3.8, 4) is 11.8 Å². The quantitative estimate of drug-likeness (QED) is 0.380. The van der Waals surface area contributed by atoms with Gasteiger partial charge < -0.3 is 4.57 Å². The Morgan fingerprint density at radius 3 is 2.61 bits per heavy atom. The van der Waals surface area contributed by atoms with Gasteiger partial charge in [-0.15, -0.1) is 0 Å². The van der Waals surface area contributed by atoms with E-state index in [0.717, 1.165) is 34.2 Å². The number of nitrogens with one attached hydrogen (secondary N) is 1. The highest BCUT2D eigenvalue weighted by molar-refractivity contribution is 7.98. The van der Waals surface area contributed by atoms with Crippen LogP contribution in [-0.2, 0) is 4.79 Å². The Morgan fingerprint density at radius 1 is 1.29 bits per heavy atom. The number of carbonyl (C=O) groups excluding carboxylic acids is 1. The van der Waals surface area contributed by atoms with Crippen molar-refractivity contribution in [3.63, 3.8) is 0 Å². The summed E-state index contributed by atoms with van der Waals surface area (Å²) in [7, 11) is 0. The molecule has 0 atom stereocenters. The normalized spacial score (nSPS) is 11.3. The summed E-state index contributed by atoms with van der Waals surface area (Å²) in [6, 6.07) is 12.2. The number of benzene rings is 1. The molecule has 0 unspecified atom stereocenters. The first-order valence-corrected chi connectivity index (χ1v) is 10.5. The van der Waals surface area contributed by atoms with E-state index in [4.69, 9.17) is 0 Å². The molecule has 28 heavy (non-hydrogen) atoms. The molecule has 1 aromatic carbocycles. The Bertz CT molecular complexity index is 1090. The molecular weight excluding hydrogens is 390 g/mol. The average Bonchev–Trinajstić information content (AvgIpc) is 3.24. The van der Waals surface area contributed by atoms with Gasteiger partial charge in [0, 0.05) is 28.6 Å². The van der Waals surface area contributed by atoms with Crippen molar-refractivity contribution in [1.82, 2.24) is 13.9 Å². The van der Waals surface area contributed by atoms with Crippen LogP contribution in [0, 0.1) is 32.1 Å². The lowest BCUT2D eigenvalue weighted by molar-refractivity contribution is -0.112. The van der Waals surface area contributed by atoms with E-state index in [-0.39, 0.29) is 5.57 Å². The minimum absolute atomic E-state index is 0.0186. The number of nitriles is 1. The number of amides is 1. The Labute approximate surface area is 172 Å². The van der Waals surface area contributed by atoms with Gasteiger partial charge in [0.15, 0.2) is 0 Å². The summed E-state index contributed by atoms with van der Waals surface area (Å²) in [5.41, 5.74) is 5.07. The molecule has 3 aromatic rings. The maximum absolute atomic E-state index is 12.5. The van der Waals surface area contributed by atoms with Crippen molar-refractivity contribution in [3.05, 3.63) is 58.4 Å². The van der Waals surface area contributed by atoms with Gasteiger partial charge in [-0.05, 0) is 56.9 Å².